The van der Waals surface area contributed by atoms with Crippen LogP contribution < -0.4 is 4.74 Å². The van der Waals surface area contributed by atoms with Crippen molar-refractivity contribution < 1.29 is 14.3 Å². The van der Waals surface area contributed by atoms with Gasteiger partial charge in [0, 0.05) is 34.9 Å². The molecule has 2 aromatic carbocycles. The van der Waals surface area contributed by atoms with E-state index in [1.54, 1.807) is 13.2 Å². The minimum absolute atomic E-state index is 0.332. The molecular formula is C23H24N2O3. The number of esters is 1. The lowest BCUT2D eigenvalue weighted by Crippen LogP contribution is -2.06. The van der Waals surface area contributed by atoms with Gasteiger partial charge in [0.05, 0.1) is 25.5 Å². The maximum absolute atomic E-state index is 11.8. The zero-order valence-electron chi connectivity index (χ0n) is 16.8. The van der Waals surface area contributed by atoms with Gasteiger partial charge in [-0.1, -0.05) is 6.07 Å². The molecule has 0 saturated carbocycles. The quantitative estimate of drug-likeness (QED) is 0.468. The van der Waals surface area contributed by atoms with Gasteiger partial charge in [0.15, 0.2) is 0 Å². The summed E-state index contributed by atoms with van der Waals surface area (Å²) in [6.45, 7) is 6.11. The van der Waals surface area contributed by atoms with Crippen LogP contribution in [0.3, 0.4) is 0 Å². The third-order valence-corrected chi connectivity index (χ3v) is 4.74. The van der Waals surface area contributed by atoms with E-state index in [1.807, 2.05) is 49.5 Å². The minimum Gasteiger partial charge on any atom is -0.497 e. The first-order valence-electron chi connectivity index (χ1n) is 9.01. The number of carbonyl (C=O) groups excluding carboxylic acids is 1. The molecule has 0 fully saturated rings. The first kappa shape index (κ1) is 19.4. The summed E-state index contributed by atoms with van der Waals surface area (Å²) in [5, 5.41) is 0. The van der Waals surface area contributed by atoms with E-state index >= 15 is 0 Å². The Labute approximate surface area is 165 Å². The second-order valence-corrected chi connectivity index (χ2v) is 6.61. The van der Waals surface area contributed by atoms with Crippen LogP contribution >= 0.6 is 0 Å². The first-order chi connectivity index (χ1) is 13.4. The summed E-state index contributed by atoms with van der Waals surface area (Å²) in [5.41, 5.74) is 6.63. The molecule has 0 aliphatic heterocycles. The molecule has 1 heterocycles. The maximum Gasteiger partial charge on any atom is 0.337 e. The molecule has 0 aliphatic carbocycles. The fraction of sp³-hybridized carbons (Fsp3) is 0.217. The molecule has 5 heteroatoms. The Balaban J connectivity index is 1.96. The molecule has 0 N–H and O–H groups in total. The molecule has 0 amide bonds. The molecule has 0 spiro atoms. The number of methoxy groups -OCH3 is 2. The second kappa shape index (κ2) is 8.13. The summed E-state index contributed by atoms with van der Waals surface area (Å²) in [5.74, 6) is 0.447. The molecular weight excluding hydrogens is 352 g/mol. The highest BCUT2D eigenvalue weighted by molar-refractivity contribution is 5.90. The van der Waals surface area contributed by atoms with E-state index in [1.165, 1.54) is 7.11 Å². The normalized spacial score (nSPS) is 11.0. The summed E-state index contributed by atoms with van der Waals surface area (Å²) < 4.78 is 12.2. The summed E-state index contributed by atoms with van der Waals surface area (Å²) >= 11 is 0. The topological polar surface area (TPSA) is 52.8 Å². The minimum atomic E-state index is -0.332. The fourth-order valence-electron chi connectivity index (χ4n) is 3.28. The van der Waals surface area contributed by atoms with Gasteiger partial charge in [-0.15, -0.1) is 0 Å². The molecule has 1 aromatic heterocycles. The molecule has 0 unspecified atom stereocenters. The Kier molecular flexibility index (Phi) is 5.64. The summed E-state index contributed by atoms with van der Waals surface area (Å²) in [4.78, 5) is 16.3. The van der Waals surface area contributed by atoms with E-state index in [0.717, 1.165) is 39.6 Å². The van der Waals surface area contributed by atoms with Gasteiger partial charge in [-0.2, -0.15) is 0 Å². The monoisotopic (exact) mass is 376 g/mol. The van der Waals surface area contributed by atoms with Crippen molar-refractivity contribution in [3.8, 4) is 11.4 Å². The molecule has 144 valence electrons. The lowest BCUT2D eigenvalue weighted by molar-refractivity contribution is 0.0600. The van der Waals surface area contributed by atoms with Crippen molar-refractivity contribution in [2.24, 2.45) is 4.99 Å². The van der Waals surface area contributed by atoms with E-state index in [0.29, 0.717) is 5.56 Å². The van der Waals surface area contributed by atoms with E-state index in [-0.39, 0.29) is 5.97 Å². The summed E-state index contributed by atoms with van der Waals surface area (Å²) in [7, 11) is 3.03. The zero-order chi connectivity index (χ0) is 20.3. The van der Waals surface area contributed by atoms with Gasteiger partial charge in [-0.3, -0.25) is 4.99 Å². The number of rotatable bonds is 5. The Hall–Kier alpha value is -3.34. The van der Waals surface area contributed by atoms with Gasteiger partial charge in [0.25, 0.3) is 0 Å². The lowest BCUT2D eigenvalue weighted by atomic mass is 10.1. The van der Waals surface area contributed by atoms with Crippen molar-refractivity contribution in [1.29, 1.82) is 0 Å². The van der Waals surface area contributed by atoms with Crippen LogP contribution in [-0.2, 0) is 4.74 Å². The Bertz CT molecular complexity index is 1050. The number of benzene rings is 2. The molecule has 28 heavy (non-hydrogen) atoms. The van der Waals surface area contributed by atoms with E-state index < -0.39 is 0 Å². The molecule has 0 atom stereocenters. The Morgan fingerprint density at radius 3 is 2.50 bits per heavy atom. The van der Waals surface area contributed by atoms with Crippen LogP contribution in [0.15, 0.2) is 53.5 Å². The van der Waals surface area contributed by atoms with Crippen LogP contribution in [0.25, 0.3) is 5.69 Å². The van der Waals surface area contributed by atoms with Crippen molar-refractivity contribution in [2.45, 2.75) is 20.8 Å². The highest BCUT2D eigenvalue weighted by atomic mass is 16.5. The van der Waals surface area contributed by atoms with Crippen LogP contribution in [0.5, 0.6) is 5.75 Å². The van der Waals surface area contributed by atoms with E-state index in [2.05, 4.69) is 29.5 Å². The van der Waals surface area contributed by atoms with Crippen molar-refractivity contribution in [3.05, 3.63) is 76.6 Å². The summed E-state index contributed by atoms with van der Waals surface area (Å²) in [6, 6.07) is 15.3. The van der Waals surface area contributed by atoms with Crippen LogP contribution in [0.2, 0.25) is 0 Å². The Morgan fingerprint density at radius 2 is 1.82 bits per heavy atom. The van der Waals surface area contributed by atoms with Gasteiger partial charge in [-0.25, -0.2) is 4.79 Å². The fourth-order valence-corrected chi connectivity index (χ4v) is 3.28. The van der Waals surface area contributed by atoms with Gasteiger partial charge in [0.2, 0.25) is 0 Å². The second-order valence-electron chi connectivity index (χ2n) is 6.61. The maximum atomic E-state index is 11.8. The predicted molar refractivity (Wildman–Crippen MR) is 112 cm³/mol. The number of ether oxygens (including phenoxy) is 2. The number of aryl methyl sites for hydroxylation is 2. The predicted octanol–water partition coefficient (Wildman–Crippen LogP) is 4.95. The summed E-state index contributed by atoms with van der Waals surface area (Å²) in [6.07, 6.45) is 1.87. The average Bonchev–Trinajstić information content (AvgIpc) is 2.99. The van der Waals surface area contributed by atoms with Crippen LogP contribution in [0.1, 0.15) is 32.9 Å². The van der Waals surface area contributed by atoms with Crippen LogP contribution in [0.4, 0.5) is 5.69 Å². The van der Waals surface area contributed by atoms with Gasteiger partial charge >= 0.3 is 5.97 Å². The number of carbonyl (C=O) groups is 1. The standard InChI is InChI=1S/C23H24N2O3/c1-15-11-18(23(26)28-5)9-10-22(15)25-16(2)12-19(17(25)3)14-24-20-7-6-8-21(13-20)27-4/h6-14H,1-5H3. The highest BCUT2D eigenvalue weighted by Crippen LogP contribution is 2.25. The molecule has 0 radical (unpaired) electrons. The largest absolute Gasteiger partial charge is 0.497 e. The number of aromatic nitrogens is 1. The van der Waals surface area contributed by atoms with Crippen molar-refractivity contribution >= 4 is 17.9 Å². The van der Waals surface area contributed by atoms with E-state index in [4.69, 9.17) is 9.47 Å². The van der Waals surface area contributed by atoms with Gasteiger partial charge in [-0.05, 0) is 62.7 Å². The van der Waals surface area contributed by atoms with Crippen LogP contribution in [0, 0.1) is 20.8 Å². The van der Waals surface area contributed by atoms with E-state index in [9.17, 15) is 4.79 Å². The zero-order valence-corrected chi connectivity index (χ0v) is 16.8. The molecule has 5 nitrogen and oxygen atoms in total. The van der Waals surface area contributed by atoms with Crippen LogP contribution in [-0.4, -0.2) is 31.0 Å². The average molecular weight is 376 g/mol. The first-order valence-corrected chi connectivity index (χ1v) is 9.01. The highest BCUT2D eigenvalue weighted by Gasteiger charge is 2.13. The Morgan fingerprint density at radius 1 is 1.04 bits per heavy atom. The number of aliphatic imine (C=N–C) groups is 1. The number of hydrogen-bond donors (Lipinski definition) is 0. The third-order valence-electron chi connectivity index (χ3n) is 4.74. The lowest BCUT2D eigenvalue weighted by Gasteiger charge is -2.13. The molecule has 0 bridgehead atoms. The number of nitrogens with zero attached hydrogens (tertiary/aromatic N) is 2. The third kappa shape index (κ3) is 3.83. The smallest absolute Gasteiger partial charge is 0.337 e. The van der Waals surface area contributed by atoms with Crippen molar-refractivity contribution in [1.82, 2.24) is 4.57 Å². The van der Waals surface area contributed by atoms with Gasteiger partial charge < -0.3 is 14.0 Å². The number of hydrogen-bond acceptors (Lipinski definition) is 4. The molecule has 3 rings (SSSR count). The molecule has 3 aromatic rings. The molecule has 0 saturated heterocycles. The van der Waals surface area contributed by atoms with Crippen molar-refractivity contribution in [2.75, 3.05) is 14.2 Å². The van der Waals surface area contributed by atoms with Crippen molar-refractivity contribution in [3.63, 3.8) is 0 Å². The molecule has 0 aliphatic rings. The SMILES string of the molecule is COC(=O)c1ccc(-n2c(C)cc(C=Nc3cccc(OC)c3)c2C)c(C)c1. The van der Waals surface area contributed by atoms with Gasteiger partial charge in [0.1, 0.15) is 5.75 Å².